The van der Waals surface area contributed by atoms with Gasteiger partial charge in [-0.3, -0.25) is 0 Å². The van der Waals surface area contributed by atoms with Crippen LogP contribution in [0.4, 0.5) is 17.1 Å². The molecule has 6 aromatic carbocycles. The third-order valence-electron chi connectivity index (χ3n) is 6.96. The Hall–Kier alpha value is -5.33. The fourth-order valence-corrected chi connectivity index (χ4v) is 5.00. The van der Waals surface area contributed by atoms with Crippen molar-refractivity contribution in [2.45, 2.75) is 0 Å². The van der Waals surface area contributed by atoms with Crippen LogP contribution < -0.4 is 9.64 Å². The summed E-state index contributed by atoms with van der Waals surface area (Å²) in [5, 5.41) is 13.9. The third-order valence-corrected chi connectivity index (χ3v) is 6.96. The predicted octanol–water partition coefficient (Wildman–Crippen LogP) is 9.51. The molecule has 0 radical (unpaired) electrons. The van der Waals surface area contributed by atoms with E-state index >= 15 is 0 Å². The fourth-order valence-electron chi connectivity index (χ4n) is 5.00. The van der Waals surface area contributed by atoms with Crippen molar-refractivity contribution < 1.29 is 4.74 Å². The lowest BCUT2D eigenvalue weighted by Crippen LogP contribution is -2.09. The summed E-state index contributed by atoms with van der Waals surface area (Å²) in [7, 11) is 1.68. The Labute approximate surface area is 228 Å². The lowest BCUT2D eigenvalue weighted by Gasteiger charge is -2.25. The number of ether oxygens (including phenoxy) is 1. The van der Waals surface area contributed by atoms with Crippen molar-refractivity contribution >= 4 is 50.8 Å². The zero-order chi connectivity index (χ0) is 26.6. The average Bonchev–Trinajstić information content (AvgIpc) is 3.00. The molecule has 0 amide bonds. The molecule has 39 heavy (non-hydrogen) atoms. The van der Waals surface area contributed by atoms with Gasteiger partial charge in [0.05, 0.1) is 12.7 Å². The molecule has 0 bridgehead atoms. The first-order chi connectivity index (χ1) is 19.2. The minimum absolute atomic E-state index is 0.731. The van der Waals surface area contributed by atoms with E-state index in [0.29, 0.717) is 0 Å². The molecule has 0 aliphatic rings. The van der Waals surface area contributed by atoms with Crippen LogP contribution in [0.5, 0.6) is 5.75 Å². The number of hydrogen-bond donors (Lipinski definition) is 0. The van der Waals surface area contributed by atoms with E-state index in [1.165, 1.54) is 0 Å². The van der Waals surface area contributed by atoms with Crippen LogP contribution in [-0.2, 0) is 0 Å². The molecule has 0 aliphatic carbocycles. The topological polar surface area (TPSA) is 36.3 Å². The zero-order valence-corrected chi connectivity index (χ0v) is 21.6. The summed E-state index contributed by atoms with van der Waals surface area (Å²) in [4.78, 5) is 2.23. The van der Waals surface area contributed by atoms with Gasteiger partial charge in [0.2, 0.25) is 0 Å². The Morgan fingerprint density at radius 1 is 0.590 bits per heavy atom. The van der Waals surface area contributed by atoms with Crippen LogP contribution >= 0.6 is 0 Å². The van der Waals surface area contributed by atoms with E-state index in [-0.39, 0.29) is 0 Å². The van der Waals surface area contributed by atoms with Gasteiger partial charge in [0.1, 0.15) is 11.8 Å². The number of anilines is 3. The van der Waals surface area contributed by atoms with Crippen LogP contribution in [0, 0.1) is 11.3 Å². The Balaban J connectivity index is 1.30. The Morgan fingerprint density at radius 2 is 1.18 bits per heavy atom. The van der Waals surface area contributed by atoms with Crippen LogP contribution in [0.15, 0.2) is 127 Å². The molecule has 6 aromatic rings. The van der Waals surface area contributed by atoms with Gasteiger partial charge in [0.15, 0.2) is 0 Å². The molecule has 0 spiro atoms. The van der Waals surface area contributed by atoms with Gasteiger partial charge < -0.3 is 9.64 Å². The van der Waals surface area contributed by atoms with Crippen LogP contribution in [-0.4, -0.2) is 7.11 Å². The second kappa shape index (κ2) is 10.6. The van der Waals surface area contributed by atoms with E-state index in [0.717, 1.165) is 61.0 Å². The van der Waals surface area contributed by atoms with Crippen LogP contribution in [0.2, 0.25) is 0 Å². The van der Waals surface area contributed by atoms with Crippen LogP contribution in [0.3, 0.4) is 0 Å². The first kappa shape index (κ1) is 24.0. The van der Waals surface area contributed by atoms with Gasteiger partial charge in [-0.1, -0.05) is 78.9 Å². The molecule has 0 N–H and O–H groups in total. The third kappa shape index (κ3) is 4.84. The van der Waals surface area contributed by atoms with E-state index in [9.17, 15) is 5.26 Å². The molecule has 0 aliphatic heterocycles. The molecule has 0 saturated carbocycles. The molecule has 3 nitrogen and oxygen atoms in total. The van der Waals surface area contributed by atoms with Crippen molar-refractivity contribution in [1.82, 2.24) is 0 Å². The normalized spacial score (nSPS) is 11.1. The van der Waals surface area contributed by atoms with Crippen molar-refractivity contribution in [2.75, 3.05) is 12.0 Å². The van der Waals surface area contributed by atoms with Gasteiger partial charge in [0, 0.05) is 27.8 Å². The van der Waals surface area contributed by atoms with E-state index in [2.05, 4.69) is 114 Å². The lowest BCUT2D eigenvalue weighted by atomic mass is 9.96. The Bertz CT molecular complexity index is 1830. The first-order valence-corrected chi connectivity index (χ1v) is 12.9. The van der Waals surface area contributed by atoms with Crippen molar-refractivity contribution in [3.05, 3.63) is 144 Å². The van der Waals surface area contributed by atoms with Crippen LogP contribution in [0.25, 0.3) is 33.7 Å². The highest BCUT2D eigenvalue weighted by atomic mass is 16.5. The number of nitriles is 1. The lowest BCUT2D eigenvalue weighted by molar-refractivity contribution is 0.415. The monoisotopic (exact) mass is 502 g/mol. The number of hydrogen-bond acceptors (Lipinski definition) is 3. The molecule has 0 heterocycles. The van der Waals surface area contributed by atoms with Crippen molar-refractivity contribution in [3.8, 4) is 11.8 Å². The van der Waals surface area contributed by atoms with Gasteiger partial charge in [-0.15, -0.1) is 0 Å². The predicted molar refractivity (Wildman–Crippen MR) is 163 cm³/mol. The molecule has 0 unspecified atom stereocenters. The van der Waals surface area contributed by atoms with Gasteiger partial charge >= 0.3 is 0 Å². The fraction of sp³-hybridized carbons (Fsp3) is 0.0278. The highest BCUT2D eigenvalue weighted by Gasteiger charge is 2.12. The zero-order valence-electron chi connectivity index (χ0n) is 21.6. The van der Waals surface area contributed by atoms with Gasteiger partial charge in [0.25, 0.3) is 0 Å². The van der Waals surface area contributed by atoms with E-state index in [4.69, 9.17) is 4.74 Å². The summed E-state index contributed by atoms with van der Waals surface area (Å²) in [6.45, 7) is 0. The van der Waals surface area contributed by atoms with Crippen molar-refractivity contribution in [1.29, 1.82) is 5.26 Å². The summed E-state index contributed by atoms with van der Waals surface area (Å²) in [5.41, 5.74) is 6.16. The second-order valence-corrected chi connectivity index (χ2v) is 9.36. The molecule has 0 atom stereocenters. The largest absolute Gasteiger partial charge is 0.497 e. The van der Waals surface area contributed by atoms with Gasteiger partial charge in [-0.05, 0) is 82.6 Å². The SMILES string of the molecule is COc1ccc(N(c2ccccc2)c2ccc(/C=C/c3ccc4c(C#N)c5ccccc5cc4c3)cc2)cc1. The maximum absolute atomic E-state index is 9.81. The number of nitrogens with zero attached hydrogens (tertiary/aromatic N) is 2. The number of benzene rings is 6. The minimum atomic E-state index is 0.731. The summed E-state index contributed by atoms with van der Waals surface area (Å²) in [5.74, 6) is 0.831. The molecule has 3 heteroatoms. The standard InChI is InChI=1S/C36H26N2O/c1-39-33-20-18-32(19-21-33)38(30-8-3-2-4-9-30)31-16-13-26(14-17-31)11-12-27-15-22-35-29(23-27)24-28-7-5-6-10-34(28)36(35)25-37/h2-24H,1H3/b12-11+. The van der Waals surface area contributed by atoms with Crippen molar-refractivity contribution in [3.63, 3.8) is 0 Å². The quantitative estimate of drug-likeness (QED) is 0.168. The van der Waals surface area contributed by atoms with Crippen LogP contribution in [0.1, 0.15) is 16.7 Å². The average molecular weight is 503 g/mol. The molecule has 186 valence electrons. The molecular formula is C36H26N2O. The molecular weight excluding hydrogens is 476 g/mol. The summed E-state index contributed by atoms with van der Waals surface area (Å²) in [6, 6.07) is 45.9. The van der Waals surface area contributed by atoms with E-state index in [1.807, 2.05) is 36.4 Å². The highest BCUT2D eigenvalue weighted by molar-refractivity contribution is 6.05. The smallest absolute Gasteiger partial charge is 0.119 e. The second-order valence-electron chi connectivity index (χ2n) is 9.36. The molecule has 0 fully saturated rings. The van der Waals surface area contributed by atoms with Gasteiger partial charge in [-0.2, -0.15) is 5.26 Å². The Morgan fingerprint density at radius 3 is 1.90 bits per heavy atom. The number of para-hydroxylation sites is 1. The summed E-state index contributed by atoms with van der Waals surface area (Å²) in [6.07, 6.45) is 4.24. The van der Waals surface area contributed by atoms with Crippen molar-refractivity contribution in [2.24, 2.45) is 0 Å². The Kier molecular flexibility index (Phi) is 6.52. The molecule has 0 aromatic heterocycles. The minimum Gasteiger partial charge on any atom is -0.497 e. The maximum Gasteiger partial charge on any atom is 0.119 e. The molecule has 6 rings (SSSR count). The number of fused-ring (bicyclic) bond motifs is 2. The molecule has 0 saturated heterocycles. The summed E-state index contributed by atoms with van der Waals surface area (Å²) < 4.78 is 5.35. The first-order valence-electron chi connectivity index (χ1n) is 12.9. The highest BCUT2D eigenvalue weighted by Crippen LogP contribution is 2.35. The van der Waals surface area contributed by atoms with E-state index in [1.54, 1.807) is 7.11 Å². The van der Waals surface area contributed by atoms with Gasteiger partial charge in [-0.25, -0.2) is 0 Å². The van der Waals surface area contributed by atoms with E-state index < -0.39 is 0 Å². The number of rotatable bonds is 6. The number of methoxy groups -OCH3 is 1. The maximum atomic E-state index is 9.81. The summed E-state index contributed by atoms with van der Waals surface area (Å²) >= 11 is 0.